The SMILES string of the molecule is Cc1cc2c(cc1NC(=O)C1CCC1)OCCO2. The monoisotopic (exact) mass is 247 g/mol. The molecule has 0 saturated heterocycles. The highest BCUT2D eigenvalue weighted by Gasteiger charge is 2.26. The Hall–Kier alpha value is -1.71. The molecule has 0 bridgehead atoms. The minimum absolute atomic E-state index is 0.126. The Morgan fingerprint density at radius 1 is 1.22 bits per heavy atom. The van der Waals surface area contributed by atoms with Crippen LogP contribution in [0, 0.1) is 12.8 Å². The fourth-order valence-electron chi connectivity index (χ4n) is 2.23. The molecule has 1 aliphatic carbocycles. The molecular weight excluding hydrogens is 230 g/mol. The average molecular weight is 247 g/mol. The number of hydrogen-bond donors (Lipinski definition) is 1. The number of amides is 1. The van der Waals surface area contributed by atoms with Gasteiger partial charge in [-0.2, -0.15) is 0 Å². The minimum Gasteiger partial charge on any atom is -0.486 e. The second kappa shape index (κ2) is 4.52. The summed E-state index contributed by atoms with van der Waals surface area (Å²) in [5.41, 5.74) is 1.84. The Bertz CT molecular complexity index is 480. The molecule has 0 atom stereocenters. The van der Waals surface area contributed by atoms with Gasteiger partial charge in [0.1, 0.15) is 13.2 Å². The first-order chi connectivity index (χ1) is 8.74. The number of fused-ring (bicyclic) bond motifs is 1. The molecule has 1 aromatic rings. The van der Waals surface area contributed by atoms with E-state index in [4.69, 9.17) is 9.47 Å². The van der Waals surface area contributed by atoms with Crippen LogP contribution in [0.15, 0.2) is 12.1 Å². The fourth-order valence-corrected chi connectivity index (χ4v) is 2.23. The molecule has 0 radical (unpaired) electrons. The van der Waals surface area contributed by atoms with E-state index in [1.807, 2.05) is 19.1 Å². The molecular formula is C14H17NO3. The molecule has 0 aromatic heterocycles. The quantitative estimate of drug-likeness (QED) is 0.873. The van der Waals surface area contributed by atoms with Crippen LogP contribution in [0.2, 0.25) is 0 Å². The minimum atomic E-state index is 0.126. The zero-order valence-electron chi connectivity index (χ0n) is 10.5. The summed E-state index contributed by atoms with van der Waals surface area (Å²) in [6.07, 6.45) is 3.18. The van der Waals surface area contributed by atoms with E-state index in [1.165, 1.54) is 0 Å². The van der Waals surface area contributed by atoms with E-state index >= 15 is 0 Å². The molecule has 3 rings (SSSR count). The first kappa shape index (κ1) is 11.4. The van der Waals surface area contributed by atoms with E-state index in [9.17, 15) is 4.79 Å². The normalized spacial score (nSPS) is 18.1. The van der Waals surface area contributed by atoms with Crippen molar-refractivity contribution in [3.05, 3.63) is 17.7 Å². The van der Waals surface area contributed by atoms with Gasteiger partial charge in [0.2, 0.25) is 5.91 Å². The van der Waals surface area contributed by atoms with E-state index in [2.05, 4.69) is 5.32 Å². The summed E-state index contributed by atoms with van der Waals surface area (Å²) in [4.78, 5) is 11.9. The Labute approximate surface area is 106 Å². The lowest BCUT2D eigenvalue weighted by Gasteiger charge is -2.25. The van der Waals surface area contributed by atoms with Crippen LogP contribution in [0.3, 0.4) is 0 Å². The van der Waals surface area contributed by atoms with Gasteiger partial charge in [-0.25, -0.2) is 0 Å². The van der Waals surface area contributed by atoms with Crippen molar-refractivity contribution >= 4 is 11.6 Å². The first-order valence-corrected chi connectivity index (χ1v) is 6.45. The summed E-state index contributed by atoms with van der Waals surface area (Å²) in [5.74, 6) is 1.80. The summed E-state index contributed by atoms with van der Waals surface area (Å²) < 4.78 is 11.0. The molecule has 1 N–H and O–H groups in total. The van der Waals surface area contributed by atoms with Crippen molar-refractivity contribution in [2.24, 2.45) is 5.92 Å². The van der Waals surface area contributed by atoms with Crippen molar-refractivity contribution in [1.82, 2.24) is 0 Å². The summed E-state index contributed by atoms with van der Waals surface area (Å²) in [6, 6.07) is 3.78. The van der Waals surface area contributed by atoms with E-state index in [1.54, 1.807) is 0 Å². The van der Waals surface area contributed by atoms with Crippen molar-refractivity contribution in [3.63, 3.8) is 0 Å². The number of nitrogens with one attached hydrogen (secondary N) is 1. The van der Waals surface area contributed by atoms with Gasteiger partial charge in [0.15, 0.2) is 11.5 Å². The number of hydrogen-bond acceptors (Lipinski definition) is 3. The standard InChI is InChI=1S/C14H17NO3/c1-9-7-12-13(18-6-5-17-12)8-11(9)15-14(16)10-3-2-4-10/h7-8,10H,2-6H2,1H3,(H,15,16). The maximum atomic E-state index is 11.9. The van der Waals surface area contributed by atoms with Crippen molar-refractivity contribution < 1.29 is 14.3 Å². The Balaban J connectivity index is 1.80. The predicted octanol–water partition coefficient (Wildman–Crippen LogP) is 2.50. The zero-order valence-corrected chi connectivity index (χ0v) is 10.5. The van der Waals surface area contributed by atoms with E-state index in [0.29, 0.717) is 13.2 Å². The van der Waals surface area contributed by atoms with Crippen molar-refractivity contribution in [1.29, 1.82) is 0 Å². The zero-order chi connectivity index (χ0) is 12.5. The van der Waals surface area contributed by atoms with Crippen molar-refractivity contribution in [3.8, 4) is 11.5 Å². The van der Waals surface area contributed by atoms with Gasteiger partial charge in [0, 0.05) is 17.7 Å². The third-order valence-electron chi connectivity index (χ3n) is 3.62. The first-order valence-electron chi connectivity index (χ1n) is 6.45. The molecule has 18 heavy (non-hydrogen) atoms. The number of benzene rings is 1. The van der Waals surface area contributed by atoms with Gasteiger partial charge in [-0.15, -0.1) is 0 Å². The maximum absolute atomic E-state index is 11.9. The number of carbonyl (C=O) groups is 1. The average Bonchev–Trinajstić information content (AvgIpc) is 2.27. The predicted molar refractivity (Wildman–Crippen MR) is 68.1 cm³/mol. The van der Waals surface area contributed by atoms with Crippen LogP contribution < -0.4 is 14.8 Å². The third-order valence-corrected chi connectivity index (χ3v) is 3.62. The van der Waals surface area contributed by atoms with Crippen LogP contribution in [0.1, 0.15) is 24.8 Å². The Morgan fingerprint density at radius 3 is 2.50 bits per heavy atom. The smallest absolute Gasteiger partial charge is 0.227 e. The van der Waals surface area contributed by atoms with Crippen LogP contribution in [-0.4, -0.2) is 19.1 Å². The lowest BCUT2D eigenvalue weighted by molar-refractivity contribution is -0.122. The molecule has 4 nitrogen and oxygen atoms in total. The molecule has 1 aliphatic heterocycles. The highest BCUT2D eigenvalue weighted by molar-refractivity contribution is 5.94. The van der Waals surface area contributed by atoms with Crippen LogP contribution in [0.4, 0.5) is 5.69 Å². The van der Waals surface area contributed by atoms with Crippen LogP contribution >= 0.6 is 0 Å². The molecule has 1 saturated carbocycles. The van der Waals surface area contributed by atoms with Crippen LogP contribution in [-0.2, 0) is 4.79 Å². The molecule has 1 aromatic carbocycles. The van der Waals surface area contributed by atoms with Crippen LogP contribution in [0.5, 0.6) is 11.5 Å². The summed E-state index contributed by atoms with van der Waals surface area (Å²) in [5, 5.41) is 2.99. The number of anilines is 1. The molecule has 0 unspecified atom stereocenters. The molecule has 2 aliphatic rings. The maximum Gasteiger partial charge on any atom is 0.227 e. The van der Waals surface area contributed by atoms with E-state index < -0.39 is 0 Å². The third kappa shape index (κ3) is 2.03. The Kier molecular flexibility index (Phi) is 2.86. The van der Waals surface area contributed by atoms with Gasteiger partial charge in [0.25, 0.3) is 0 Å². The molecule has 0 spiro atoms. The highest BCUT2D eigenvalue weighted by Crippen LogP contribution is 2.36. The fraction of sp³-hybridized carbons (Fsp3) is 0.500. The van der Waals surface area contributed by atoms with Gasteiger partial charge in [-0.05, 0) is 31.4 Å². The number of carbonyl (C=O) groups excluding carboxylic acids is 1. The second-order valence-electron chi connectivity index (χ2n) is 4.93. The van der Waals surface area contributed by atoms with Gasteiger partial charge in [-0.1, -0.05) is 6.42 Å². The number of ether oxygens (including phenoxy) is 2. The van der Waals surface area contributed by atoms with Crippen LogP contribution in [0.25, 0.3) is 0 Å². The number of aryl methyl sites for hydroxylation is 1. The molecule has 1 amide bonds. The molecule has 1 fully saturated rings. The topological polar surface area (TPSA) is 47.6 Å². The number of rotatable bonds is 2. The van der Waals surface area contributed by atoms with Gasteiger partial charge in [-0.3, -0.25) is 4.79 Å². The largest absolute Gasteiger partial charge is 0.486 e. The molecule has 4 heteroatoms. The lowest BCUT2D eigenvalue weighted by Crippen LogP contribution is -2.28. The summed E-state index contributed by atoms with van der Waals surface area (Å²) >= 11 is 0. The van der Waals surface area contributed by atoms with Gasteiger partial charge in [0.05, 0.1) is 0 Å². The molecule has 1 heterocycles. The van der Waals surface area contributed by atoms with Crippen molar-refractivity contribution in [2.45, 2.75) is 26.2 Å². The van der Waals surface area contributed by atoms with E-state index in [0.717, 1.165) is 42.0 Å². The Morgan fingerprint density at radius 2 is 1.89 bits per heavy atom. The second-order valence-corrected chi connectivity index (χ2v) is 4.93. The van der Waals surface area contributed by atoms with Gasteiger partial charge < -0.3 is 14.8 Å². The molecule has 96 valence electrons. The van der Waals surface area contributed by atoms with Gasteiger partial charge >= 0.3 is 0 Å². The summed E-state index contributed by atoms with van der Waals surface area (Å²) in [7, 11) is 0. The summed E-state index contributed by atoms with van der Waals surface area (Å²) in [6.45, 7) is 3.11. The highest BCUT2D eigenvalue weighted by atomic mass is 16.6. The lowest BCUT2D eigenvalue weighted by atomic mass is 9.85. The van der Waals surface area contributed by atoms with Crippen molar-refractivity contribution in [2.75, 3.05) is 18.5 Å². The van der Waals surface area contributed by atoms with E-state index in [-0.39, 0.29) is 11.8 Å².